The molecule has 54 heavy (non-hydrogen) atoms. The van der Waals surface area contributed by atoms with Crippen molar-refractivity contribution in [3.63, 3.8) is 0 Å². The molecular weight excluding hydrogens is 675 g/mol. The van der Waals surface area contributed by atoms with Crippen molar-refractivity contribution in [2.75, 3.05) is 11.9 Å². The summed E-state index contributed by atoms with van der Waals surface area (Å²) >= 11 is 0. The largest absolute Gasteiger partial charge is 0.507 e. The summed E-state index contributed by atoms with van der Waals surface area (Å²) in [4.78, 5) is 14.1. The van der Waals surface area contributed by atoms with Crippen LogP contribution in [0.15, 0.2) is 59.2 Å². The van der Waals surface area contributed by atoms with Gasteiger partial charge in [-0.1, -0.05) is 65.3 Å². The normalized spacial score (nSPS) is 33.2. The molecule has 7 heteroatoms. The minimum absolute atomic E-state index is 0.0950. The number of allylic oxidation sites excluding steroid dienone is 7. The maximum absolute atomic E-state index is 14.1. The van der Waals surface area contributed by atoms with Gasteiger partial charge in [0, 0.05) is 28.9 Å². The Labute approximate surface area is 320 Å². The first kappa shape index (κ1) is 37.0. The van der Waals surface area contributed by atoms with Crippen molar-refractivity contribution in [2.45, 2.75) is 119 Å². The third-order valence-electron chi connectivity index (χ3n) is 14.9. The van der Waals surface area contributed by atoms with E-state index in [-0.39, 0.29) is 28.1 Å². The molecule has 7 nitrogen and oxygen atoms in total. The van der Waals surface area contributed by atoms with E-state index in [4.69, 9.17) is 9.47 Å². The van der Waals surface area contributed by atoms with Crippen LogP contribution in [0.25, 0.3) is 16.3 Å². The molecule has 0 aromatic heterocycles. The molecule has 2 saturated carbocycles. The van der Waals surface area contributed by atoms with E-state index in [1.165, 1.54) is 23.6 Å². The van der Waals surface area contributed by atoms with E-state index in [1.807, 2.05) is 26.8 Å². The van der Waals surface area contributed by atoms with Gasteiger partial charge in [0.25, 0.3) is 0 Å². The average Bonchev–Trinajstić information content (AvgIpc) is 3.46. The Balaban J connectivity index is 1.27. The number of hydrogen-bond acceptors (Lipinski definition) is 7. The quantitative estimate of drug-likeness (QED) is 0.166. The van der Waals surface area contributed by atoms with Crippen molar-refractivity contribution < 1.29 is 29.6 Å². The molecule has 1 spiro atoms. The number of carbonyl (C=O) groups is 1. The average molecular weight is 734 g/mol. The number of aliphatic hydroxyl groups excluding tert-OH is 1. The van der Waals surface area contributed by atoms with Gasteiger partial charge in [0.15, 0.2) is 17.3 Å². The van der Waals surface area contributed by atoms with E-state index in [9.17, 15) is 20.1 Å². The van der Waals surface area contributed by atoms with Crippen molar-refractivity contribution in [3.05, 3.63) is 70.4 Å². The summed E-state index contributed by atoms with van der Waals surface area (Å²) in [5.74, 6) is 2.70. The number of fused-ring (bicyclic) bond motifs is 6. The number of phenols is 2. The van der Waals surface area contributed by atoms with Crippen LogP contribution in [0.4, 0.5) is 5.69 Å². The topological polar surface area (TPSA) is 108 Å². The molecule has 1 aliphatic heterocycles. The van der Waals surface area contributed by atoms with E-state index in [2.05, 4.69) is 71.2 Å². The van der Waals surface area contributed by atoms with Gasteiger partial charge in [-0.25, -0.2) is 0 Å². The molecular formula is C47H59NO6. The first-order chi connectivity index (χ1) is 25.5. The molecule has 288 valence electrons. The molecule has 0 amide bonds. The van der Waals surface area contributed by atoms with E-state index >= 15 is 0 Å². The van der Waals surface area contributed by atoms with Crippen LogP contribution in [0.5, 0.6) is 23.0 Å². The lowest BCUT2D eigenvalue weighted by Crippen LogP contribution is -2.69. The van der Waals surface area contributed by atoms with Gasteiger partial charge < -0.3 is 30.1 Å². The summed E-state index contributed by atoms with van der Waals surface area (Å²) in [5, 5.41) is 39.5. The van der Waals surface area contributed by atoms with Crippen LogP contribution < -0.4 is 14.8 Å². The number of carbonyl (C=O) groups excluding carboxylic acids is 1. The standard InChI is InChI=1S/C47H59NO6/c1-24(2)16-19-53-36-22-35(51)39-41-38(36)28(7)20-34(50)40(41)44-42(43(39)52)48-47-23-29(49)14-18-46(47,9)33-15-17-45(8)31(27(6)11-10-26(5)25(3)4)12-13-32(45)30(33)21-37(47)54-44/h10-11,15-16,20-22,25-27,29,31-32,37,48-49,51-52H,12-14,17-19,23H2,1-9H3/b11-10+/t26-,27+,29-,31+,32-,37-,45+,46+,47-/m0/s1. The molecule has 2 aromatic rings. The SMILES string of the molecule is CC(C)=CCOc1cc(O)c2c(O)c3c(c4c2c1C(C)=CC4=O)O[C@H]1C=C2C(=CC[C@]4(C)[C@@H]([C@H](C)/C=C/[C@H](C)C(C)C)CC[C@@H]24)[C@@]2(C)CC[C@H](O)C[C@]12N3. The van der Waals surface area contributed by atoms with Gasteiger partial charge in [-0.15, -0.1) is 0 Å². The van der Waals surface area contributed by atoms with Gasteiger partial charge in [0.05, 0.1) is 22.6 Å². The number of phenolic OH excluding ortho intramolecular Hbond substituents is 2. The summed E-state index contributed by atoms with van der Waals surface area (Å²) in [6.45, 7) is 20.2. The minimum Gasteiger partial charge on any atom is -0.507 e. The van der Waals surface area contributed by atoms with Gasteiger partial charge >= 0.3 is 0 Å². The zero-order valence-corrected chi connectivity index (χ0v) is 33.6. The lowest BCUT2D eigenvalue weighted by Gasteiger charge is -2.63. The molecule has 6 aliphatic rings. The highest BCUT2D eigenvalue weighted by Crippen LogP contribution is 2.68. The lowest BCUT2D eigenvalue weighted by molar-refractivity contribution is -0.0306. The zero-order valence-electron chi connectivity index (χ0n) is 33.6. The second kappa shape index (κ2) is 12.8. The van der Waals surface area contributed by atoms with Crippen LogP contribution >= 0.6 is 0 Å². The number of ketones is 1. The Morgan fingerprint density at radius 3 is 2.56 bits per heavy atom. The number of rotatable bonds is 7. The Bertz CT molecular complexity index is 2100. The highest BCUT2D eigenvalue weighted by Gasteiger charge is 2.66. The van der Waals surface area contributed by atoms with Gasteiger partial charge in [-0.05, 0) is 123 Å². The van der Waals surface area contributed by atoms with Crippen LogP contribution in [-0.4, -0.2) is 45.5 Å². The van der Waals surface area contributed by atoms with Gasteiger partial charge in [0.1, 0.15) is 29.9 Å². The number of benzene rings is 2. The Hall–Kier alpha value is -3.97. The van der Waals surface area contributed by atoms with E-state index in [0.717, 1.165) is 24.8 Å². The highest BCUT2D eigenvalue weighted by molar-refractivity contribution is 6.27. The summed E-state index contributed by atoms with van der Waals surface area (Å²) in [6.07, 6.45) is 17.3. The number of hydrogen-bond donors (Lipinski definition) is 4. The first-order valence-electron chi connectivity index (χ1n) is 20.3. The predicted molar refractivity (Wildman–Crippen MR) is 216 cm³/mol. The molecule has 0 unspecified atom stereocenters. The minimum atomic E-state index is -0.797. The second-order valence-corrected chi connectivity index (χ2v) is 18.6. The van der Waals surface area contributed by atoms with Gasteiger partial charge in [-0.3, -0.25) is 4.79 Å². The number of aliphatic hydroxyl groups is 1. The second-order valence-electron chi connectivity index (χ2n) is 18.6. The summed E-state index contributed by atoms with van der Waals surface area (Å²) < 4.78 is 13.4. The van der Waals surface area contributed by atoms with Crippen molar-refractivity contribution in [2.24, 2.45) is 40.4 Å². The zero-order chi connectivity index (χ0) is 38.6. The molecule has 1 heterocycles. The van der Waals surface area contributed by atoms with Gasteiger partial charge in [0.2, 0.25) is 0 Å². The number of anilines is 1. The molecule has 2 fully saturated rings. The van der Waals surface area contributed by atoms with Crippen molar-refractivity contribution in [1.82, 2.24) is 0 Å². The van der Waals surface area contributed by atoms with Gasteiger partial charge in [-0.2, -0.15) is 0 Å². The lowest BCUT2D eigenvalue weighted by atomic mass is 9.47. The smallest absolute Gasteiger partial charge is 0.190 e. The number of aromatic hydroxyl groups is 2. The van der Waals surface area contributed by atoms with E-state index in [1.54, 1.807) is 6.08 Å². The number of nitrogens with one attached hydrogen (secondary N) is 1. The van der Waals surface area contributed by atoms with Crippen LogP contribution in [0, 0.1) is 40.4 Å². The van der Waals surface area contributed by atoms with E-state index < -0.39 is 23.2 Å². The van der Waals surface area contributed by atoms with Crippen molar-refractivity contribution in [3.8, 4) is 23.0 Å². The first-order valence-corrected chi connectivity index (χ1v) is 20.3. The van der Waals surface area contributed by atoms with Crippen LogP contribution in [-0.2, 0) is 0 Å². The van der Waals surface area contributed by atoms with E-state index in [0.29, 0.717) is 88.3 Å². The highest BCUT2D eigenvalue weighted by atomic mass is 16.5. The summed E-state index contributed by atoms with van der Waals surface area (Å²) in [6, 6.07) is 1.54. The van der Waals surface area contributed by atoms with Crippen molar-refractivity contribution in [1.29, 1.82) is 0 Å². The Kier molecular flexibility index (Phi) is 8.76. The molecule has 2 aromatic carbocycles. The molecule has 0 saturated heterocycles. The fourth-order valence-electron chi connectivity index (χ4n) is 11.5. The Morgan fingerprint density at radius 1 is 1.07 bits per heavy atom. The third kappa shape index (κ3) is 5.19. The fraction of sp³-hybridized carbons (Fsp3) is 0.553. The maximum atomic E-state index is 14.1. The molecule has 8 rings (SSSR count). The summed E-state index contributed by atoms with van der Waals surface area (Å²) in [5.41, 5.74) is 4.64. The molecule has 9 atom stereocenters. The van der Waals surface area contributed by atoms with Crippen molar-refractivity contribution >= 4 is 27.8 Å². The third-order valence-corrected chi connectivity index (χ3v) is 14.9. The Morgan fingerprint density at radius 2 is 1.83 bits per heavy atom. The number of ether oxygens (including phenoxy) is 2. The van der Waals surface area contributed by atoms with Crippen LogP contribution in [0.2, 0.25) is 0 Å². The molecule has 4 N–H and O–H groups in total. The monoisotopic (exact) mass is 733 g/mol. The molecule has 5 aliphatic carbocycles. The predicted octanol–water partition coefficient (Wildman–Crippen LogP) is 10.4. The van der Waals surface area contributed by atoms with Crippen LogP contribution in [0.1, 0.15) is 117 Å². The fourth-order valence-corrected chi connectivity index (χ4v) is 11.5. The summed E-state index contributed by atoms with van der Waals surface area (Å²) in [7, 11) is 0. The van der Waals surface area contributed by atoms with Crippen LogP contribution in [0.3, 0.4) is 0 Å². The maximum Gasteiger partial charge on any atom is 0.190 e. The molecule has 0 bridgehead atoms. The molecule has 0 radical (unpaired) electrons.